The monoisotopic (exact) mass is 406 g/mol. The lowest BCUT2D eigenvalue weighted by Crippen LogP contribution is -2.39. The second-order valence-electron chi connectivity index (χ2n) is 7.91. The lowest BCUT2D eigenvalue weighted by Gasteiger charge is -2.42. The van der Waals surface area contributed by atoms with E-state index in [1.807, 2.05) is 19.2 Å². The maximum Gasteiger partial charge on any atom is 0.0942 e. The minimum Gasteiger partial charge on any atom is -0.399 e. The quantitative estimate of drug-likeness (QED) is 0.511. The molecule has 1 aliphatic heterocycles. The van der Waals surface area contributed by atoms with Crippen molar-refractivity contribution in [2.45, 2.75) is 31.4 Å². The highest BCUT2D eigenvalue weighted by Crippen LogP contribution is 2.42. The van der Waals surface area contributed by atoms with Gasteiger partial charge in [-0.05, 0) is 66.4 Å². The van der Waals surface area contributed by atoms with Crippen LogP contribution in [0.2, 0.25) is 0 Å². The maximum atomic E-state index is 5.97. The van der Waals surface area contributed by atoms with E-state index in [0.717, 1.165) is 38.0 Å². The fourth-order valence-electron chi connectivity index (χ4n) is 4.56. The predicted molar refractivity (Wildman–Crippen MR) is 122 cm³/mol. The van der Waals surface area contributed by atoms with Crippen molar-refractivity contribution in [3.05, 3.63) is 88.1 Å². The van der Waals surface area contributed by atoms with Crippen molar-refractivity contribution >= 4 is 17.0 Å². The zero-order valence-corrected chi connectivity index (χ0v) is 17.9. The molecule has 0 saturated carbocycles. The average molecular weight is 407 g/mol. The van der Waals surface area contributed by atoms with Gasteiger partial charge in [-0.3, -0.25) is 4.90 Å². The molecule has 1 saturated heterocycles. The Labute approximate surface area is 178 Å². The topological polar surface area (TPSA) is 38.5 Å². The molecule has 29 heavy (non-hydrogen) atoms. The summed E-state index contributed by atoms with van der Waals surface area (Å²) in [5.41, 5.74) is 9.54. The van der Waals surface area contributed by atoms with Crippen LogP contribution in [-0.4, -0.2) is 25.1 Å². The standard InChI is InChI=1S/C25H30N2OS/c1-28-25(24-8-5-17-29-24)21-14-16-27(15-13-19-6-3-2-4-7-19)23(18-21)20-9-11-22(26)12-10-20/h2-12,17,21,23,25H,13-16,18,26H2,1H3. The Morgan fingerprint density at radius 3 is 2.55 bits per heavy atom. The van der Waals surface area contributed by atoms with Crippen molar-refractivity contribution in [3.63, 3.8) is 0 Å². The molecule has 4 heteroatoms. The molecule has 2 aromatic carbocycles. The highest BCUT2D eigenvalue weighted by molar-refractivity contribution is 7.10. The number of benzene rings is 2. The Bertz CT molecular complexity index is 864. The number of nitrogen functional groups attached to an aromatic ring is 1. The van der Waals surface area contributed by atoms with E-state index in [1.165, 1.54) is 16.0 Å². The van der Waals surface area contributed by atoms with Gasteiger partial charge < -0.3 is 10.5 Å². The molecule has 3 aromatic rings. The van der Waals surface area contributed by atoms with Crippen molar-refractivity contribution in [1.29, 1.82) is 0 Å². The van der Waals surface area contributed by atoms with E-state index in [4.69, 9.17) is 10.5 Å². The number of thiophene rings is 1. The van der Waals surface area contributed by atoms with Gasteiger partial charge in [-0.25, -0.2) is 0 Å². The van der Waals surface area contributed by atoms with Gasteiger partial charge in [-0.1, -0.05) is 48.5 Å². The first-order chi connectivity index (χ1) is 14.2. The molecular weight excluding hydrogens is 376 g/mol. The molecule has 3 unspecified atom stereocenters. The fourth-order valence-corrected chi connectivity index (χ4v) is 5.45. The predicted octanol–water partition coefficient (Wildman–Crippen LogP) is 5.71. The first-order valence-corrected chi connectivity index (χ1v) is 11.3. The number of piperidine rings is 1. The third-order valence-electron chi connectivity index (χ3n) is 6.11. The number of hydrogen-bond acceptors (Lipinski definition) is 4. The summed E-state index contributed by atoms with van der Waals surface area (Å²) in [4.78, 5) is 3.99. The number of rotatable bonds is 7. The summed E-state index contributed by atoms with van der Waals surface area (Å²) in [7, 11) is 1.85. The highest BCUT2D eigenvalue weighted by atomic mass is 32.1. The minimum absolute atomic E-state index is 0.183. The van der Waals surface area contributed by atoms with Crippen LogP contribution < -0.4 is 5.73 Å². The largest absolute Gasteiger partial charge is 0.399 e. The first kappa shape index (κ1) is 20.1. The summed E-state index contributed by atoms with van der Waals surface area (Å²) in [6.07, 6.45) is 3.53. The maximum absolute atomic E-state index is 5.97. The fraction of sp³-hybridized carbons (Fsp3) is 0.360. The minimum atomic E-state index is 0.183. The summed E-state index contributed by atoms with van der Waals surface area (Å²) < 4.78 is 5.97. The van der Waals surface area contributed by atoms with E-state index in [9.17, 15) is 0 Å². The zero-order valence-electron chi connectivity index (χ0n) is 17.0. The summed E-state index contributed by atoms with van der Waals surface area (Å²) in [5, 5.41) is 2.15. The van der Waals surface area contributed by atoms with Crippen LogP contribution in [0.4, 0.5) is 5.69 Å². The van der Waals surface area contributed by atoms with Crippen LogP contribution in [0.15, 0.2) is 72.1 Å². The van der Waals surface area contributed by atoms with E-state index in [0.29, 0.717) is 12.0 Å². The van der Waals surface area contributed by atoms with Gasteiger partial charge in [-0.2, -0.15) is 0 Å². The molecule has 1 aromatic heterocycles. The Balaban J connectivity index is 1.53. The van der Waals surface area contributed by atoms with Crippen LogP contribution in [-0.2, 0) is 11.2 Å². The van der Waals surface area contributed by atoms with Crippen LogP contribution in [0.5, 0.6) is 0 Å². The smallest absolute Gasteiger partial charge is 0.0942 e. The van der Waals surface area contributed by atoms with E-state index >= 15 is 0 Å². The van der Waals surface area contributed by atoms with Crippen LogP contribution in [0.3, 0.4) is 0 Å². The van der Waals surface area contributed by atoms with Crippen molar-refractivity contribution in [1.82, 2.24) is 4.90 Å². The van der Waals surface area contributed by atoms with Gasteiger partial charge in [0.05, 0.1) is 6.10 Å². The van der Waals surface area contributed by atoms with Crippen molar-refractivity contribution in [2.24, 2.45) is 5.92 Å². The molecule has 3 atom stereocenters. The Kier molecular flexibility index (Phi) is 6.65. The van der Waals surface area contributed by atoms with Crippen molar-refractivity contribution in [2.75, 3.05) is 25.9 Å². The summed E-state index contributed by atoms with van der Waals surface area (Å²) in [6.45, 7) is 2.17. The third kappa shape index (κ3) is 4.89. The molecule has 0 aliphatic carbocycles. The molecule has 3 nitrogen and oxygen atoms in total. The SMILES string of the molecule is COC(c1cccs1)C1CCN(CCc2ccccc2)C(c2ccc(N)cc2)C1. The molecule has 2 N–H and O–H groups in total. The van der Waals surface area contributed by atoms with Gasteiger partial charge in [0.25, 0.3) is 0 Å². The number of ether oxygens (including phenoxy) is 1. The Hall–Kier alpha value is -2.14. The van der Waals surface area contributed by atoms with E-state index in [2.05, 4.69) is 64.9 Å². The molecule has 152 valence electrons. The first-order valence-electron chi connectivity index (χ1n) is 10.4. The molecule has 0 bridgehead atoms. The summed E-state index contributed by atoms with van der Waals surface area (Å²) >= 11 is 1.80. The Morgan fingerprint density at radius 2 is 1.86 bits per heavy atom. The summed E-state index contributed by atoms with van der Waals surface area (Å²) in [5.74, 6) is 0.522. The molecule has 0 radical (unpaired) electrons. The molecular formula is C25H30N2OS. The molecule has 2 heterocycles. The second-order valence-corrected chi connectivity index (χ2v) is 8.89. The van der Waals surface area contributed by atoms with Crippen molar-refractivity contribution < 1.29 is 4.74 Å². The zero-order chi connectivity index (χ0) is 20.1. The van der Waals surface area contributed by atoms with Gasteiger partial charge in [-0.15, -0.1) is 11.3 Å². The van der Waals surface area contributed by atoms with Crippen LogP contribution in [0, 0.1) is 5.92 Å². The number of anilines is 1. The Morgan fingerprint density at radius 1 is 1.07 bits per heavy atom. The second kappa shape index (κ2) is 9.57. The molecule has 4 rings (SSSR count). The van der Waals surface area contributed by atoms with Gasteiger partial charge >= 0.3 is 0 Å². The molecule has 1 fully saturated rings. The number of nitrogens with two attached hydrogens (primary N) is 1. The molecule has 0 amide bonds. The lowest BCUT2D eigenvalue weighted by molar-refractivity contribution is 0.00255. The number of hydrogen-bond donors (Lipinski definition) is 1. The van der Waals surface area contributed by atoms with Gasteiger partial charge in [0, 0.05) is 30.3 Å². The van der Waals surface area contributed by atoms with Crippen LogP contribution in [0.25, 0.3) is 0 Å². The van der Waals surface area contributed by atoms with Gasteiger partial charge in [0.2, 0.25) is 0 Å². The lowest BCUT2D eigenvalue weighted by atomic mass is 9.83. The molecule has 0 spiro atoms. The average Bonchev–Trinajstić information content (AvgIpc) is 3.29. The van der Waals surface area contributed by atoms with Crippen molar-refractivity contribution in [3.8, 4) is 0 Å². The van der Waals surface area contributed by atoms with E-state index in [1.54, 1.807) is 11.3 Å². The summed E-state index contributed by atoms with van der Waals surface area (Å²) in [6, 6.07) is 24.0. The number of nitrogens with zero attached hydrogens (tertiary/aromatic N) is 1. The van der Waals surface area contributed by atoms with Crippen LogP contribution >= 0.6 is 11.3 Å². The highest BCUT2D eigenvalue weighted by Gasteiger charge is 2.34. The third-order valence-corrected chi connectivity index (χ3v) is 7.05. The van der Waals surface area contributed by atoms with E-state index < -0.39 is 0 Å². The number of methoxy groups -OCH3 is 1. The number of likely N-dealkylation sites (tertiary alicyclic amines) is 1. The van der Waals surface area contributed by atoms with Crippen LogP contribution in [0.1, 0.15) is 41.0 Å². The van der Waals surface area contributed by atoms with Gasteiger partial charge in [0.15, 0.2) is 0 Å². The van der Waals surface area contributed by atoms with E-state index in [-0.39, 0.29) is 6.10 Å². The van der Waals surface area contributed by atoms with Gasteiger partial charge in [0.1, 0.15) is 0 Å². The normalized spacial score (nSPS) is 21.1. The molecule has 1 aliphatic rings.